The minimum absolute atomic E-state index is 0.00682. The summed E-state index contributed by atoms with van der Waals surface area (Å²) in [7, 11) is 0. The van der Waals surface area contributed by atoms with Gasteiger partial charge in [0.1, 0.15) is 18.1 Å². The maximum Gasteiger partial charge on any atom is 0.312 e. The smallest absolute Gasteiger partial charge is 0.312 e. The zero-order valence-electron chi connectivity index (χ0n) is 12.1. The van der Waals surface area contributed by atoms with Gasteiger partial charge >= 0.3 is 5.97 Å². The topological polar surface area (TPSA) is 76.0 Å². The van der Waals surface area contributed by atoms with E-state index in [-0.39, 0.29) is 29.8 Å². The van der Waals surface area contributed by atoms with Crippen molar-refractivity contribution in [2.75, 3.05) is 6.61 Å². The molecule has 0 aromatic rings. The Labute approximate surface area is 118 Å². The third-order valence-corrected chi connectivity index (χ3v) is 6.37. The van der Waals surface area contributed by atoms with Gasteiger partial charge in [0.25, 0.3) is 0 Å². The first kappa shape index (κ1) is 13.0. The van der Waals surface area contributed by atoms with Gasteiger partial charge in [0, 0.05) is 5.41 Å². The van der Waals surface area contributed by atoms with Gasteiger partial charge in [-0.25, -0.2) is 0 Å². The molecular formula is C15H22O5. The molecule has 5 aliphatic rings. The predicted octanol–water partition coefficient (Wildman–Crippen LogP) is 0.680. The van der Waals surface area contributed by atoms with Gasteiger partial charge in [-0.3, -0.25) is 4.79 Å². The van der Waals surface area contributed by atoms with E-state index in [9.17, 15) is 15.0 Å². The molecule has 0 unspecified atom stereocenters. The van der Waals surface area contributed by atoms with E-state index in [1.165, 1.54) is 0 Å². The lowest BCUT2D eigenvalue weighted by molar-refractivity contribution is -0.365. The molecule has 2 aliphatic carbocycles. The Balaban J connectivity index is 1.87. The molecule has 3 heterocycles. The van der Waals surface area contributed by atoms with Crippen LogP contribution in [0.5, 0.6) is 0 Å². The number of fused-ring (bicyclic) bond motifs is 1. The van der Waals surface area contributed by atoms with Crippen LogP contribution in [0.15, 0.2) is 0 Å². The van der Waals surface area contributed by atoms with Crippen molar-refractivity contribution in [2.24, 2.45) is 28.6 Å². The molecular weight excluding hydrogens is 260 g/mol. The molecule has 0 amide bonds. The van der Waals surface area contributed by atoms with E-state index >= 15 is 0 Å². The van der Waals surface area contributed by atoms with E-state index in [1.807, 2.05) is 6.92 Å². The fraction of sp³-hybridized carbons (Fsp3) is 0.933. The largest absolute Gasteiger partial charge is 0.462 e. The second-order valence-corrected chi connectivity index (χ2v) is 8.15. The van der Waals surface area contributed by atoms with E-state index in [0.717, 1.165) is 12.8 Å². The summed E-state index contributed by atoms with van der Waals surface area (Å²) in [5.41, 5.74) is -1.87. The molecule has 2 bridgehead atoms. The molecule has 5 heteroatoms. The van der Waals surface area contributed by atoms with Crippen molar-refractivity contribution < 1.29 is 24.5 Å². The molecule has 0 radical (unpaired) electrons. The SMILES string of the molecule is CC1(C)C[C@H]2[C@H]3O[C@@H](O)[C@@](C)([C@H]2C1)[C@H]1C(=O)OC[C@@]31O. The van der Waals surface area contributed by atoms with Crippen LogP contribution in [-0.4, -0.2) is 40.8 Å². The highest BCUT2D eigenvalue weighted by Gasteiger charge is 2.77. The summed E-state index contributed by atoms with van der Waals surface area (Å²) in [5, 5.41) is 21.4. The standard InChI is InChI=1S/C15H22O5/c1-13(2)4-7-8(5-13)14(3)9-11(16)19-6-15(9,18)10(7)20-12(14)17/h7-10,12,17-18H,4-6H2,1-3H3/t7-,8+,9-,10-,12-,14+,15+/m1/s1. The molecule has 2 N–H and O–H groups in total. The number of ether oxygens (including phenoxy) is 2. The first-order valence-electron chi connectivity index (χ1n) is 7.43. The van der Waals surface area contributed by atoms with Crippen LogP contribution in [0.3, 0.4) is 0 Å². The fourth-order valence-corrected chi connectivity index (χ4v) is 5.62. The highest BCUT2D eigenvalue weighted by molar-refractivity contribution is 5.78. The number of aliphatic hydroxyl groups excluding tert-OH is 1. The number of hydrogen-bond acceptors (Lipinski definition) is 5. The van der Waals surface area contributed by atoms with Crippen LogP contribution in [0.4, 0.5) is 0 Å². The zero-order valence-corrected chi connectivity index (χ0v) is 12.1. The third-order valence-electron chi connectivity index (χ3n) is 6.37. The molecule has 0 aromatic heterocycles. The molecule has 0 aromatic carbocycles. The highest BCUT2D eigenvalue weighted by atomic mass is 16.6. The van der Waals surface area contributed by atoms with Crippen LogP contribution >= 0.6 is 0 Å². The second kappa shape index (κ2) is 3.39. The lowest BCUT2D eigenvalue weighted by Crippen LogP contribution is -2.74. The number of aliphatic hydroxyl groups is 2. The minimum Gasteiger partial charge on any atom is -0.462 e. The Kier molecular flexibility index (Phi) is 2.21. The van der Waals surface area contributed by atoms with Crippen molar-refractivity contribution in [1.82, 2.24) is 0 Å². The maximum atomic E-state index is 12.2. The number of carbonyl (C=O) groups is 1. The molecule has 0 spiro atoms. The molecule has 112 valence electrons. The fourth-order valence-electron chi connectivity index (χ4n) is 5.62. The average molecular weight is 282 g/mol. The van der Waals surface area contributed by atoms with Crippen molar-refractivity contribution in [1.29, 1.82) is 0 Å². The monoisotopic (exact) mass is 282 g/mol. The molecule has 2 saturated carbocycles. The molecule has 5 fully saturated rings. The van der Waals surface area contributed by atoms with Gasteiger partial charge in [-0.15, -0.1) is 0 Å². The number of cyclic esters (lactones) is 1. The summed E-state index contributed by atoms with van der Waals surface area (Å²) in [4.78, 5) is 12.2. The Hall–Kier alpha value is -0.650. The summed E-state index contributed by atoms with van der Waals surface area (Å²) < 4.78 is 10.9. The lowest BCUT2D eigenvalue weighted by Gasteiger charge is -2.62. The normalized spacial score (nSPS) is 59.2. The van der Waals surface area contributed by atoms with Crippen molar-refractivity contribution in [3.05, 3.63) is 0 Å². The summed E-state index contributed by atoms with van der Waals surface area (Å²) in [6.45, 7) is 6.29. The van der Waals surface area contributed by atoms with E-state index in [0.29, 0.717) is 0 Å². The molecule has 3 aliphatic heterocycles. The number of hydrogen-bond donors (Lipinski definition) is 2. The zero-order chi connectivity index (χ0) is 14.5. The Bertz CT molecular complexity index is 487. The molecule has 20 heavy (non-hydrogen) atoms. The van der Waals surface area contributed by atoms with Gasteiger partial charge < -0.3 is 19.7 Å². The number of rotatable bonds is 0. The molecule has 5 rings (SSSR count). The summed E-state index contributed by atoms with van der Waals surface area (Å²) in [5.74, 6) is -0.666. The Morgan fingerprint density at radius 2 is 1.95 bits per heavy atom. The van der Waals surface area contributed by atoms with Crippen LogP contribution in [-0.2, 0) is 14.3 Å². The highest BCUT2D eigenvalue weighted by Crippen LogP contribution is 2.68. The van der Waals surface area contributed by atoms with E-state index in [4.69, 9.17) is 9.47 Å². The van der Waals surface area contributed by atoms with Crippen LogP contribution < -0.4 is 0 Å². The quantitative estimate of drug-likeness (QED) is 0.639. The first-order valence-corrected chi connectivity index (χ1v) is 7.43. The number of esters is 1. The minimum atomic E-state index is -1.27. The summed E-state index contributed by atoms with van der Waals surface area (Å²) in [6.07, 6.45) is 0.403. The van der Waals surface area contributed by atoms with Gasteiger partial charge in [-0.05, 0) is 30.1 Å². The van der Waals surface area contributed by atoms with E-state index in [1.54, 1.807) is 0 Å². The summed E-state index contributed by atoms with van der Waals surface area (Å²) >= 11 is 0. The van der Waals surface area contributed by atoms with Crippen molar-refractivity contribution in [2.45, 2.75) is 51.6 Å². The van der Waals surface area contributed by atoms with Gasteiger partial charge in [0.05, 0.1) is 6.10 Å². The molecule has 7 atom stereocenters. The van der Waals surface area contributed by atoms with Crippen LogP contribution in [0.1, 0.15) is 33.6 Å². The lowest BCUT2D eigenvalue weighted by atomic mass is 9.50. The van der Waals surface area contributed by atoms with Crippen LogP contribution in [0.2, 0.25) is 0 Å². The van der Waals surface area contributed by atoms with Gasteiger partial charge in [-0.1, -0.05) is 20.8 Å². The van der Waals surface area contributed by atoms with Gasteiger partial charge in [0.15, 0.2) is 6.29 Å². The average Bonchev–Trinajstić information content (AvgIpc) is 2.82. The molecule has 5 nitrogen and oxygen atoms in total. The van der Waals surface area contributed by atoms with Gasteiger partial charge in [0.2, 0.25) is 0 Å². The van der Waals surface area contributed by atoms with Crippen LogP contribution in [0, 0.1) is 28.6 Å². The Morgan fingerprint density at radius 3 is 2.65 bits per heavy atom. The Morgan fingerprint density at radius 1 is 1.25 bits per heavy atom. The summed E-state index contributed by atoms with van der Waals surface area (Å²) in [6, 6.07) is 0. The predicted molar refractivity (Wildman–Crippen MR) is 68.4 cm³/mol. The van der Waals surface area contributed by atoms with Crippen molar-refractivity contribution in [3.8, 4) is 0 Å². The number of carbonyl (C=O) groups excluding carboxylic acids is 1. The second-order valence-electron chi connectivity index (χ2n) is 8.15. The molecule has 3 saturated heterocycles. The maximum absolute atomic E-state index is 12.2. The van der Waals surface area contributed by atoms with Gasteiger partial charge in [-0.2, -0.15) is 0 Å². The van der Waals surface area contributed by atoms with Crippen molar-refractivity contribution in [3.63, 3.8) is 0 Å². The van der Waals surface area contributed by atoms with Crippen molar-refractivity contribution >= 4 is 5.97 Å². The van der Waals surface area contributed by atoms with E-state index in [2.05, 4.69) is 13.8 Å². The van der Waals surface area contributed by atoms with E-state index < -0.39 is 29.3 Å². The van der Waals surface area contributed by atoms with Crippen LogP contribution in [0.25, 0.3) is 0 Å². The third kappa shape index (κ3) is 1.23. The first-order chi connectivity index (χ1) is 9.20.